The summed E-state index contributed by atoms with van der Waals surface area (Å²) in [5.74, 6) is 1.40. The molecule has 0 aromatic heterocycles. The molecule has 1 amide bonds. The first-order chi connectivity index (χ1) is 11.6. The number of carbonyl (C=O) groups excluding carboxylic acids is 1. The lowest BCUT2D eigenvalue weighted by molar-refractivity contribution is -0.118. The highest BCUT2D eigenvalue weighted by molar-refractivity contribution is 5.91. The molecule has 24 heavy (non-hydrogen) atoms. The molecular formula is C19H30N2O3. The second-order valence-electron chi connectivity index (χ2n) is 6.64. The molecule has 0 saturated heterocycles. The summed E-state index contributed by atoms with van der Waals surface area (Å²) in [6, 6.07) is 5.77. The summed E-state index contributed by atoms with van der Waals surface area (Å²) in [4.78, 5) is 12.1. The van der Waals surface area contributed by atoms with Crippen LogP contribution in [-0.4, -0.2) is 32.3 Å². The van der Waals surface area contributed by atoms with Crippen molar-refractivity contribution in [3.05, 3.63) is 23.8 Å². The summed E-state index contributed by atoms with van der Waals surface area (Å²) in [6.45, 7) is 3.11. The number of benzene rings is 1. The fourth-order valence-corrected chi connectivity index (χ4v) is 3.08. The van der Waals surface area contributed by atoms with Gasteiger partial charge in [0.2, 0.25) is 5.91 Å². The van der Waals surface area contributed by atoms with Crippen molar-refractivity contribution in [3.63, 3.8) is 0 Å². The van der Waals surface area contributed by atoms with Crippen LogP contribution < -0.4 is 15.8 Å². The molecule has 1 aliphatic carbocycles. The number of anilines is 1. The quantitative estimate of drug-likeness (QED) is 0.765. The van der Waals surface area contributed by atoms with E-state index in [1.54, 1.807) is 7.11 Å². The van der Waals surface area contributed by atoms with Gasteiger partial charge in [-0.25, -0.2) is 0 Å². The first-order valence-electron chi connectivity index (χ1n) is 8.88. The smallest absolute Gasteiger partial charge is 0.227 e. The number of nitrogens with one attached hydrogen (secondary N) is 1. The molecule has 3 N–H and O–H groups in total. The van der Waals surface area contributed by atoms with Gasteiger partial charge in [-0.2, -0.15) is 0 Å². The molecule has 5 nitrogen and oxygen atoms in total. The SMILES string of the molecule is COC(CN)CC(=O)Nc1ccc(C)c(OCC2CCCCC2)c1. The molecule has 1 atom stereocenters. The van der Waals surface area contributed by atoms with Gasteiger partial charge in [-0.1, -0.05) is 25.3 Å². The average Bonchev–Trinajstić information content (AvgIpc) is 2.61. The number of carbonyl (C=O) groups is 1. The molecule has 0 bridgehead atoms. The Morgan fingerprint density at radius 3 is 2.75 bits per heavy atom. The highest BCUT2D eigenvalue weighted by Crippen LogP contribution is 2.27. The van der Waals surface area contributed by atoms with Crippen LogP contribution in [0.5, 0.6) is 5.75 Å². The van der Waals surface area contributed by atoms with Crippen LogP contribution in [0.25, 0.3) is 0 Å². The summed E-state index contributed by atoms with van der Waals surface area (Å²) in [5.41, 5.74) is 7.38. The van der Waals surface area contributed by atoms with E-state index in [1.807, 2.05) is 25.1 Å². The Kier molecular flexibility index (Phi) is 7.53. The minimum atomic E-state index is -0.252. The van der Waals surface area contributed by atoms with Crippen molar-refractivity contribution in [2.24, 2.45) is 11.7 Å². The van der Waals surface area contributed by atoms with Gasteiger partial charge < -0.3 is 20.5 Å². The third kappa shape index (κ3) is 5.80. The molecule has 1 aromatic carbocycles. The van der Waals surface area contributed by atoms with Gasteiger partial charge in [0.1, 0.15) is 5.75 Å². The molecular weight excluding hydrogens is 304 g/mol. The molecule has 1 aliphatic rings. The third-order valence-electron chi connectivity index (χ3n) is 4.68. The van der Waals surface area contributed by atoms with E-state index >= 15 is 0 Å². The van der Waals surface area contributed by atoms with Crippen LogP contribution in [0.4, 0.5) is 5.69 Å². The first-order valence-corrected chi connectivity index (χ1v) is 8.88. The normalized spacial score (nSPS) is 16.6. The van der Waals surface area contributed by atoms with Crippen LogP contribution in [0.1, 0.15) is 44.1 Å². The maximum absolute atomic E-state index is 12.1. The fourth-order valence-electron chi connectivity index (χ4n) is 3.08. The minimum Gasteiger partial charge on any atom is -0.493 e. The van der Waals surface area contributed by atoms with Crippen LogP contribution in [-0.2, 0) is 9.53 Å². The summed E-state index contributed by atoms with van der Waals surface area (Å²) in [5, 5.41) is 2.89. The lowest BCUT2D eigenvalue weighted by atomic mass is 9.90. The van der Waals surface area contributed by atoms with Crippen molar-refractivity contribution in [2.75, 3.05) is 25.6 Å². The number of amides is 1. The molecule has 2 rings (SSSR count). The van der Waals surface area contributed by atoms with Crippen LogP contribution in [0.3, 0.4) is 0 Å². The van der Waals surface area contributed by atoms with E-state index in [9.17, 15) is 4.79 Å². The number of aryl methyl sites for hydroxylation is 1. The second kappa shape index (κ2) is 9.64. The zero-order valence-electron chi connectivity index (χ0n) is 14.8. The lowest BCUT2D eigenvalue weighted by Gasteiger charge is -2.22. The third-order valence-corrected chi connectivity index (χ3v) is 4.68. The van der Waals surface area contributed by atoms with Crippen LogP contribution in [0, 0.1) is 12.8 Å². The van der Waals surface area contributed by atoms with E-state index in [2.05, 4.69) is 5.32 Å². The van der Waals surface area contributed by atoms with Gasteiger partial charge >= 0.3 is 0 Å². The van der Waals surface area contributed by atoms with Gasteiger partial charge in [-0.15, -0.1) is 0 Å². The number of nitrogens with two attached hydrogens (primary N) is 1. The Bertz CT molecular complexity index is 523. The Hall–Kier alpha value is -1.59. The molecule has 1 aromatic rings. The molecule has 0 spiro atoms. The topological polar surface area (TPSA) is 73.6 Å². The monoisotopic (exact) mass is 334 g/mol. The van der Waals surface area contributed by atoms with Crippen molar-refractivity contribution in [2.45, 2.75) is 51.6 Å². The Labute approximate surface area is 144 Å². The van der Waals surface area contributed by atoms with Crippen molar-refractivity contribution in [1.82, 2.24) is 0 Å². The van der Waals surface area contributed by atoms with E-state index < -0.39 is 0 Å². The van der Waals surface area contributed by atoms with E-state index in [4.69, 9.17) is 15.2 Å². The first kappa shape index (κ1) is 18.7. The maximum Gasteiger partial charge on any atom is 0.227 e. The molecule has 1 unspecified atom stereocenters. The van der Waals surface area contributed by atoms with Gasteiger partial charge in [0, 0.05) is 25.4 Å². The zero-order valence-corrected chi connectivity index (χ0v) is 14.8. The summed E-state index contributed by atoms with van der Waals surface area (Å²) in [7, 11) is 1.56. The van der Waals surface area contributed by atoms with E-state index in [0.717, 1.165) is 23.6 Å². The largest absolute Gasteiger partial charge is 0.493 e. The van der Waals surface area contributed by atoms with Crippen molar-refractivity contribution < 1.29 is 14.3 Å². The highest BCUT2D eigenvalue weighted by Gasteiger charge is 2.15. The van der Waals surface area contributed by atoms with Gasteiger partial charge in [0.25, 0.3) is 0 Å². The molecule has 134 valence electrons. The summed E-state index contributed by atoms with van der Waals surface area (Å²) in [6.07, 6.45) is 6.48. The van der Waals surface area contributed by atoms with Crippen molar-refractivity contribution in [3.8, 4) is 5.75 Å². The van der Waals surface area contributed by atoms with Crippen LogP contribution >= 0.6 is 0 Å². The molecule has 1 saturated carbocycles. The van der Waals surface area contributed by atoms with E-state index in [1.165, 1.54) is 32.1 Å². The van der Waals surface area contributed by atoms with E-state index in [0.29, 0.717) is 12.5 Å². The molecule has 0 radical (unpaired) electrons. The summed E-state index contributed by atoms with van der Waals surface area (Å²) < 4.78 is 11.2. The summed E-state index contributed by atoms with van der Waals surface area (Å²) >= 11 is 0. The molecule has 0 heterocycles. The van der Waals surface area contributed by atoms with Crippen LogP contribution in [0.15, 0.2) is 18.2 Å². The zero-order chi connectivity index (χ0) is 17.4. The number of ether oxygens (including phenoxy) is 2. The van der Waals surface area contributed by atoms with Crippen molar-refractivity contribution in [1.29, 1.82) is 0 Å². The minimum absolute atomic E-state index is 0.102. The number of hydrogen-bond acceptors (Lipinski definition) is 4. The highest BCUT2D eigenvalue weighted by atomic mass is 16.5. The predicted octanol–water partition coefficient (Wildman–Crippen LogP) is 3.26. The Morgan fingerprint density at radius 2 is 2.08 bits per heavy atom. The number of methoxy groups -OCH3 is 1. The van der Waals surface area contributed by atoms with Gasteiger partial charge in [-0.05, 0) is 37.3 Å². The van der Waals surface area contributed by atoms with Gasteiger partial charge in [-0.3, -0.25) is 4.79 Å². The van der Waals surface area contributed by atoms with Crippen molar-refractivity contribution >= 4 is 11.6 Å². The second-order valence-corrected chi connectivity index (χ2v) is 6.64. The fraction of sp³-hybridized carbons (Fsp3) is 0.632. The lowest BCUT2D eigenvalue weighted by Crippen LogP contribution is -2.28. The number of rotatable bonds is 8. The van der Waals surface area contributed by atoms with E-state index in [-0.39, 0.29) is 18.4 Å². The van der Waals surface area contributed by atoms with Crippen LogP contribution in [0.2, 0.25) is 0 Å². The Balaban J connectivity index is 1.90. The van der Waals surface area contributed by atoms with Gasteiger partial charge in [0.15, 0.2) is 0 Å². The molecule has 5 heteroatoms. The predicted molar refractivity (Wildman–Crippen MR) is 96.3 cm³/mol. The Morgan fingerprint density at radius 1 is 1.33 bits per heavy atom. The molecule has 1 fully saturated rings. The molecule has 0 aliphatic heterocycles. The maximum atomic E-state index is 12.1. The standard InChI is InChI=1S/C19H30N2O3/c1-14-8-9-16(21-19(22)11-17(12-20)23-2)10-18(14)24-13-15-6-4-3-5-7-15/h8-10,15,17H,3-7,11-13,20H2,1-2H3,(H,21,22). The average molecular weight is 334 g/mol. The number of hydrogen-bond donors (Lipinski definition) is 2. The van der Waals surface area contributed by atoms with Gasteiger partial charge in [0.05, 0.1) is 19.1 Å².